The normalized spacial score (nSPS) is 11.5. The maximum Gasteiger partial charge on any atom is 0.204 e. The highest BCUT2D eigenvalue weighted by atomic mass is 19.1. The topological polar surface area (TPSA) is 118 Å². The Morgan fingerprint density at radius 2 is 1.79 bits per heavy atom. The fraction of sp³-hybridized carbons (Fsp3) is 0.161. The van der Waals surface area contributed by atoms with Gasteiger partial charge in [0.15, 0.2) is 17.2 Å². The van der Waals surface area contributed by atoms with E-state index in [0.29, 0.717) is 33.6 Å². The molecule has 9 nitrogen and oxygen atoms in total. The zero-order valence-corrected chi connectivity index (χ0v) is 22.9. The van der Waals surface area contributed by atoms with E-state index in [-0.39, 0.29) is 46.5 Å². The smallest absolute Gasteiger partial charge is 0.204 e. The van der Waals surface area contributed by atoms with Crippen molar-refractivity contribution in [1.29, 1.82) is 0 Å². The molecule has 212 valence electrons. The van der Waals surface area contributed by atoms with E-state index in [0.717, 1.165) is 0 Å². The first-order valence-corrected chi connectivity index (χ1v) is 13.1. The van der Waals surface area contributed by atoms with E-state index in [2.05, 4.69) is 9.97 Å². The Labute approximate surface area is 238 Å². The van der Waals surface area contributed by atoms with Crippen LogP contribution in [-0.2, 0) is 6.54 Å². The highest BCUT2D eigenvalue weighted by Gasteiger charge is 2.23. The molecule has 3 aromatic carbocycles. The molecule has 6 aromatic rings. The Morgan fingerprint density at radius 3 is 2.52 bits per heavy atom. The van der Waals surface area contributed by atoms with Crippen molar-refractivity contribution in [3.63, 3.8) is 0 Å². The SMILES string of the molecule is COc1cccc2oc(Cn3nc(-c4ccc(OC(C)C)c(F)c4)c4c(N)ncnc43)c(-c3cccc(F)c3)c(=O)c12. The Morgan fingerprint density at radius 1 is 0.976 bits per heavy atom. The Bertz CT molecular complexity index is 2040. The van der Waals surface area contributed by atoms with Gasteiger partial charge in [0.2, 0.25) is 5.43 Å². The van der Waals surface area contributed by atoms with E-state index in [9.17, 15) is 13.6 Å². The predicted octanol–water partition coefficient (Wildman–Crippen LogP) is 5.97. The van der Waals surface area contributed by atoms with E-state index >= 15 is 0 Å². The number of anilines is 1. The maximum atomic E-state index is 15.0. The summed E-state index contributed by atoms with van der Waals surface area (Å²) >= 11 is 0. The molecular formula is C31H25F2N5O4. The van der Waals surface area contributed by atoms with Crippen LogP contribution >= 0.6 is 0 Å². The average molecular weight is 570 g/mol. The van der Waals surface area contributed by atoms with Gasteiger partial charge < -0.3 is 19.6 Å². The van der Waals surface area contributed by atoms with Crippen molar-refractivity contribution in [3.8, 4) is 33.9 Å². The number of hydrogen-bond donors (Lipinski definition) is 1. The Balaban J connectivity index is 1.56. The minimum Gasteiger partial charge on any atom is -0.496 e. The third kappa shape index (κ3) is 4.68. The first kappa shape index (κ1) is 26.9. The van der Waals surface area contributed by atoms with Crippen LogP contribution in [0.4, 0.5) is 14.6 Å². The van der Waals surface area contributed by atoms with Gasteiger partial charge in [-0.05, 0) is 61.9 Å². The van der Waals surface area contributed by atoms with Crippen LogP contribution in [0.15, 0.2) is 76.2 Å². The second-order valence-electron chi connectivity index (χ2n) is 9.85. The predicted molar refractivity (Wildman–Crippen MR) is 154 cm³/mol. The number of nitrogens with zero attached hydrogens (tertiary/aromatic N) is 4. The number of nitrogen functional groups attached to an aromatic ring is 1. The quantitative estimate of drug-likeness (QED) is 0.250. The van der Waals surface area contributed by atoms with Crippen molar-refractivity contribution in [2.45, 2.75) is 26.5 Å². The van der Waals surface area contributed by atoms with Crippen molar-refractivity contribution in [3.05, 3.63) is 94.6 Å². The third-order valence-corrected chi connectivity index (χ3v) is 6.71. The molecule has 6 rings (SSSR count). The van der Waals surface area contributed by atoms with E-state index in [1.54, 1.807) is 44.2 Å². The molecule has 3 aromatic heterocycles. The average Bonchev–Trinajstić information content (AvgIpc) is 3.33. The zero-order chi connectivity index (χ0) is 29.5. The molecule has 0 aliphatic carbocycles. The lowest BCUT2D eigenvalue weighted by Crippen LogP contribution is -2.13. The number of benzene rings is 3. The fourth-order valence-electron chi connectivity index (χ4n) is 4.95. The highest BCUT2D eigenvalue weighted by Crippen LogP contribution is 2.35. The number of halogens is 2. The van der Waals surface area contributed by atoms with Crippen LogP contribution in [0.2, 0.25) is 0 Å². The molecule has 0 saturated heterocycles. The number of rotatable bonds is 7. The van der Waals surface area contributed by atoms with Gasteiger partial charge in [-0.3, -0.25) is 4.79 Å². The standard InChI is InChI=1S/C31H25F2N5O4/c1-16(2)41-21-11-10-18(13-20(21)33)28-27-30(34)35-15-36-31(27)38(37-28)14-24-25(17-6-4-7-19(32)12-17)29(39)26-22(40-3)8-5-9-23(26)42-24/h4-13,15-16H,14H2,1-3H3,(H2,34,35,36). The number of ether oxygens (including phenoxy) is 2. The number of fused-ring (bicyclic) bond motifs is 2. The van der Waals surface area contributed by atoms with Crippen molar-refractivity contribution in [2.75, 3.05) is 12.8 Å². The molecule has 0 saturated carbocycles. The minimum absolute atomic E-state index is 0.0851. The van der Waals surface area contributed by atoms with Gasteiger partial charge in [0.1, 0.15) is 52.7 Å². The second-order valence-corrected chi connectivity index (χ2v) is 9.85. The molecule has 0 bridgehead atoms. The maximum absolute atomic E-state index is 15.0. The van der Waals surface area contributed by atoms with E-state index in [1.165, 1.54) is 48.5 Å². The van der Waals surface area contributed by atoms with Gasteiger partial charge in [-0.1, -0.05) is 18.2 Å². The molecule has 2 N–H and O–H groups in total. The molecule has 42 heavy (non-hydrogen) atoms. The summed E-state index contributed by atoms with van der Waals surface area (Å²) in [6, 6.07) is 15.2. The monoisotopic (exact) mass is 569 g/mol. The van der Waals surface area contributed by atoms with Crippen LogP contribution < -0.4 is 20.6 Å². The third-order valence-electron chi connectivity index (χ3n) is 6.71. The summed E-state index contributed by atoms with van der Waals surface area (Å²) in [5, 5.41) is 5.33. The van der Waals surface area contributed by atoms with Gasteiger partial charge in [-0.25, -0.2) is 23.4 Å². The number of aromatic nitrogens is 4. The summed E-state index contributed by atoms with van der Waals surface area (Å²) < 4.78 is 48.0. The van der Waals surface area contributed by atoms with Crippen LogP contribution in [0.5, 0.6) is 11.5 Å². The molecule has 0 aliphatic heterocycles. The fourth-order valence-corrected chi connectivity index (χ4v) is 4.95. The second kappa shape index (κ2) is 10.6. The number of hydrogen-bond acceptors (Lipinski definition) is 8. The molecule has 0 radical (unpaired) electrons. The van der Waals surface area contributed by atoms with Crippen molar-refractivity contribution < 1.29 is 22.7 Å². The summed E-state index contributed by atoms with van der Waals surface area (Å²) in [5.74, 6) is -0.315. The first-order chi connectivity index (χ1) is 20.2. The summed E-state index contributed by atoms with van der Waals surface area (Å²) in [6.07, 6.45) is 1.08. The van der Waals surface area contributed by atoms with Crippen LogP contribution in [0, 0.1) is 11.6 Å². The van der Waals surface area contributed by atoms with Gasteiger partial charge in [0.25, 0.3) is 0 Å². The lowest BCUT2D eigenvalue weighted by Gasteiger charge is -2.13. The van der Waals surface area contributed by atoms with E-state index in [4.69, 9.17) is 24.7 Å². The number of nitrogens with two attached hydrogens (primary N) is 1. The molecule has 0 spiro atoms. The van der Waals surface area contributed by atoms with Crippen LogP contribution in [0.25, 0.3) is 44.4 Å². The van der Waals surface area contributed by atoms with Gasteiger partial charge in [0.05, 0.1) is 24.2 Å². The van der Waals surface area contributed by atoms with Crippen molar-refractivity contribution >= 4 is 27.8 Å². The van der Waals surface area contributed by atoms with Gasteiger partial charge in [0, 0.05) is 5.56 Å². The molecule has 0 amide bonds. The number of methoxy groups -OCH3 is 1. The Kier molecular flexibility index (Phi) is 6.77. The zero-order valence-electron chi connectivity index (χ0n) is 22.9. The lowest BCUT2D eigenvalue weighted by atomic mass is 10.0. The van der Waals surface area contributed by atoms with Crippen molar-refractivity contribution in [1.82, 2.24) is 19.7 Å². The minimum atomic E-state index is -0.567. The van der Waals surface area contributed by atoms with Gasteiger partial charge in [-0.2, -0.15) is 5.10 Å². The van der Waals surface area contributed by atoms with E-state index in [1.807, 2.05) is 0 Å². The van der Waals surface area contributed by atoms with Gasteiger partial charge in [-0.15, -0.1) is 0 Å². The molecule has 0 fully saturated rings. The summed E-state index contributed by atoms with van der Waals surface area (Å²) in [7, 11) is 1.45. The van der Waals surface area contributed by atoms with Crippen LogP contribution in [-0.4, -0.2) is 33.0 Å². The highest BCUT2D eigenvalue weighted by molar-refractivity contribution is 5.98. The lowest BCUT2D eigenvalue weighted by molar-refractivity contribution is 0.231. The molecule has 0 aliphatic rings. The largest absolute Gasteiger partial charge is 0.496 e. The summed E-state index contributed by atoms with van der Waals surface area (Å²) in [5.41, 5.74) is 7.67. The molecule has 0 unspecified atom stereocenters. The van der Waals surface area contributed by atoms with Crippen LogP contribution in [0.1, 0.15) is 19.6 Å². The molecular weight excluding hydrogens is 544 g/mol. The summed E-state index contributed by atoms with van der Waals surface area (Å²) in [4.78, 5) is 22.4. The van der Waals surface area contributed by atoms with Crippen molar-refractivity contribution in [2.24, 2.45) is 0 Å². The summed E-state index contributed by atoms with van der Waals surface area (Å²) in [6.45, 7) is 3.53. The van der Waals surface area contributed by atoms with Crippen LogP contribution in [0.3, 0.4) is 0 Å². The molecule has 11 heteroatoms. The molecule has 3 heterocycles. The molecule has 0 atom stereocenters. The first-order valence-electron chi connectivity index (χ1n) is 13.1. The van der Waals surface area contributed by atoms with E-state index < -0.39 is 17.1 Å². The van der Waals surface area contributed by atoms with Gasteiger partial charge >= 0.3 is 0 Å². The Hall–Kier alpha value is -5.32.